The molecule has 0 saturated carbocycles. The van der Waals surface area contributed by atoms with Crippen molar-refractivity contribution in [1.82, 2.24) is 4.90 Å². The highest BCUT2D eigenvalue weighted by Gasteiger charge is 2.16. The lowest BCUT2D eigenvalue weighted by atomic mass is 10.2. The number of hydrogen-bond donors (Lipinski definition) is 2. The first-order chi connectivity index (χ1) is 8.32. The third-order valence-corrected chi connectivity index (χ3v) is 2.78. The predicted molar refractivity (Wildman–Crippen MR) is 70.3 cm³/mol. The smallest absolute Gasteiger partial charge is 0.337 e. The van der Waals surface area contributed by atoms with E-state index >= 15 is 0 Å². The number of aromatic carboxylic acids is 1. The number of carboxylic acid groups (broad SMARTS) is 1. The van der Waals surface area contributed by atoms with Gasteiger partial charge >= 0.3 is 12.0 Å². The van der Waals surface area contributed by atoms with Crippen LogP contribution in [0.4, 0.5) is 10.5 Å². The van der Waals surface area contributed by atoms with Crippen LogP contribution in [0.5, 0.6) is 0 Å². The van der Waals surface area contributed by atoms with Crippen LogP contribution >= 0.6 is 11.6 Å². The number of benzene rings is 1. The molecule has 5 nitrogen and oxygen atoms in total. The number of nitrogens with zero attached hydrogens (tertiary/aromatic N) is 1. The minimum Gasteiger partial charge on any atom is -0.478 e. The number of carbonyl (C=O) groups is 2. The van der Waals surface area contributed by atoms with E-state index in [-0.39, 0.29) is 23.3 Å². The molecular formula is C12H15ClN2O3. The monoisotopic (exact) mass is 270 g/mol. The van der Waals surface area contributed by atoms with Gasteiger partial charge in [-0.1, -0.05) is 11.6 Å². The molecule has 0 bridgehead atoms. The number of anilines is 1. The molecule has 1 aromatic carbocycles. The van der Waals surface area contributed by atoms with Gasteiger partial charge in [-0.25, -0.2) is 9.59 Å². The summed E-state index contributed by atoms with van der Waals surface area (Å²) in [5, 5.41) is 11.9. The van der Waals surface area contributed by atoms with Crippen molar-refractivity contribution < 1.29 is 14.7 Å². The van der Waals surface area contributed by atoms with Crippen LogP contribution in [-0.2, 0) is 0 Å². The van der Waals surface area contributed by atoms with E-state index in [1.165, 1.54) is 23.1 Å². The number of halogens is 1. The van der Waals surface area contributed by atoms with Crippen molar-refractivity contribution in [3.8, 4) is 0 Å². The first-order valence-electron chi connectivity index (χ1n) is 5.39. The van der Waals surface area contributed by atoms with E-state index in [1.54, 1.807) is 7.05 Å². The van der Waals surface area contributed by atoms with E-state index in [4.69, 9.17) is 16.7 Å². The molecule has 0 saturated heterocycles. The fourth-order valence-electron chi connectivity index (χ4n) is 1.24. The van der Waals surface area contributed by atoms with E-state index in [0.717, 1.165) is 0 Å². The molecule has 0 aromatic heterocycles. The standard InChI is InChI=1S/C12H15ClN2O3/c1-7(2)15(3)12(18)14-10-5-4-8(13)6-9(10)11(16)17/h4-7H,1-3H3,(H,14,18)(H,16,17). The van der Waals surface area contributed by atoms with Crippen molar-refractivity contribution >= 4 is 29.3 Å². The zero-order valence-corrected chi connectivity index (χ0v) is 11.2. The van der Waals surface area contributed by atoms with E-state index in [0.29, 0.717) is 5.02 Å². The maximum Gasteiger partial charge on any atom is 0.337 e. The maximum atomic E-state index is 11.8. The zero-order chi connectivity index (χ0) is 13.9. The molecule has 0 aliphatic carbocycles. The Morgan fingerprint density at radius 3 is 2.50 bits per heavy atom. The van der Waals surface area contributed by atoms with Gasteiger partial charge in [0.15, 0.2) is 0 Å². The Morgan fingerprint density at radius 2 is 2.00 bits per heavy atom. The maximum absolute atomic E-state index is 11.8. The molecule has 0 aliphatic rings. The SMILES string of the molecule is CC(C)N(C)C(=O)Nc1ccc(Cl)cc1C(=O)O. The van der Waals surface area contributed by atoms with Gasteiger partial charge in [-0.15, -0.1) is 0 Å². The molecule has 0 atom stereocenters. The molecule has 1 aromatic rings. The lowest BCUT2D eigenvalue weighted by molar-refractivity contribution is 0.0698. The van der Waals surface area contributed by atoms with Gasteiger partial charge in [0.1, 0.15) is 0 Å². The van der Waals surface area contributed by atoms with Gasteiger partial charge in [-0.2, -0.15) is 0 Å². The highest BCUT2D eigenvalue weighted by molar-refractivity contribution is 6.31. The Kier molecular flexibility index (Phi) is 4.55. The zero-order valence-electron chi connectivity index (χ0n) is 10.4. The van der Waals surface area contributed by atoms with Gasteiger partial charge in [-0.05, 0) is 32.0 Å². The van der Waals surface area contributed by atoms with Crippen LogP contribution in [0.1, 0.15) is 24.2 Å². The van der Waals surface area contributed by atoms with Crippen molar-refractivity contribution in [2.24, 2.45) is 0 Å². The number of carbonyl (C=O) groups excluding carboxylic acids is 1. The number of amides is 2. The summed E-state index contributed by atoms with van der Waals surface area (Å²) < 4.78 is 0. The van der Waals surface area contributed by atoms with Gasteiger partial charge < -0.3 is 15.3 Å². The second-order valence-corrected chi connectivity index (χ2v) is 4.57. The summed E-state index contributed by atoms with van der Waals surface area (Å²) in [6, 6.07) is 3.95. The Bertz CT molecular complexity index is 474. The molecule has 0 aliphatic heterocycles. The molecule has 0 radical (unpaired) electrons. The van der Waals surface area contributed by atoms with E-state index in [2.05, 4.69) is 5.32 Å². The second-order valence-electron chi connectivity index (χ2n) is 4.13. The van der Waals surface area contributed by atoms with Crippen LogP contribution < -0.4 is 5.32 Å². The van der Waals surface area contributed by atoms with E-state index in [1.807, 2.05) is 13.8 Å². The van der Waals surface area contributed by atoms with Crippen molar-refractivity contribution in [1.29, 1.82) is 0 Å². The van der Waals surface area contributed by atoms with Crippen molar-refractivity contribution in [2.75, 3.05) is 12.4 Å². The lowest BCUT2D eigenvalue weighted by Crippen LogP contribution is -2.36. The molecule has 18 heavy (non-hydrogen) atoms. The Balaban J connectivity index is 2.98. The van der Waals surface area contributed by atoms with Crippen LogP contribution in [0.2, 0.25) is 5.02 Å². The fourth-order valence-corrected chi connectivity index (χ4v) is 1.41. The summed E-state index contributed by atoms with van der Waals surface area (Å²) in [6.07, 6.45) is 0. The summed E-state index contributed by atoms with van der Waals surface area (Å²) >= 11 is 5.72. The summed E-state index contributed by atoms with van der Waals surface area (Å²) in [4.78, 5) is 24.3. The van der Waals surface area contributed by atoms with Crippen LogP contribution in [0.15, 0.2) is 18.2 Å². The molecule has 0 spiro atoms. The quantitative estimate of drug-likeness (QED) is 0.887. The van der Waals surface area contributed by atoms with Gasteiger partial charge in [0, 0.05) is 18.1 Å². The Labute approximate surface area is 110 Å². The van der Waals surface area contributed by atoms with Crippen LogP contribution in [0.3, 0.4) is 0 Å². The van der Waals surface area contributed by atoms with Gasteiger partial charge in [0.25, 0.3) is 0 Å². The normalized spacial score (nSPS) is 10.3. The first kappa shape index (κ1) is 14.3. The summed E-state index contributed by atoms with van der Waals surface area (Å²) in [5.41, 5.74) is 0.192. The van der Waals surface area contributed by atoms with Crippen molar-refractivity contribution in [3.63, 3.8) is 0 Å². The molecule has 0 heterocycles. The number of urea groups is 1. The Morgan fingerprint density at radius 1 is 1.39 bits per heavy atom. The highest BCUT2D eigenvalue weighted by atomic mass is 35.5. The van der Waals surface area contributed by atoms with Crippen molar-refractivity contribution in [2.45, 2.75) is 19.9 Å². The number of nitrogens with one attached hydrogen (secondary N) is 1. The summed E-state index contributed by atoms with van der Waals surface area (Å²) in [7, 11) is 1.64. The summed E-state index contributed by atoms with van der Waals surface area (Å²) in [6.45, 7) is 3.72. The highest BCUT2D eigenvalue weighted by Crippen LogP contribution is 2.21. The number of carboxylic acids is 1. The number of hydrogen-bond acceptors (Lipinski definition) is 2. The van der Waals surface area contributed by atoms with Crippen LogP contribution in [0.25, 0.3) is 0 Å². The minimum atomic E-state index is -1.14. The topological polar surface area (TPSA) is 69.6 Å². The molecular weight excluding hydrogens is 256 g/mol. The van der Waals surface area contributed by atoms with Crippen molar-refractivity contribution in [3.05, 3.63) is 28.8 Å². The molecule has 0 unspecified atom stereocenters. The average Bonchev–Trinajstić information content (AvgIpc) is 2.29. The van der Waals surface area contributed by atoms with Crippen LogP contribution in [0, 0.1) is 0 Å². The first-order valence-corrected chi connectivity index (χ1v) is 5.77. The third kappa shape index (κ3) is 3.37. The van der Waals surface area contributed by atoms with E-state index in [9.17, 15) is 9.59 Å². The average molecular weight is 271 g/mol. The Hall–Kier alpha value is -1.75. The second kappa shape index (κ2) is 5.73. The molecule has 2 N–H and O–H groups in total. The lowest BCUT2D eigenvalue weighted by Gasteiger charge is -2.22. The van der Waals surface area contributed by atoms with Gasteiger partial charge in [0.05, 0.1) is 11.3 Å². The van der Waals surface area contributed by atoms with Gasteiger partial charge in [0.2, 0.25) is 0 Å². The predicted octanol–water partition coefficient (Wildman–Crippen LogP) is 2.91. The van der Waals surface area contributed by atoms with E-state index < -0.39 is 5.97 Å². The third-order valence-electron chi connectivity index (χ3n) is 2.55. The summed E-state index contributed by atoms with van der Waals surface area (Å²) in [5.74, 6) is -1.14. The molecule has 2 amide bonds. The van der Waals surface area contributed by atoms with Crippen LogP contribution in [-0.4, -0.2) is 35.1 Å². The van der Waals surface area contributed by atoms with Gasteiger partial charge in [-0.3, -0.25) is 0 Å². The minimum absolute atomic E-state index is 0.0191. The largest absolute Gasteiger partial charge is 0.478 e. The molecule has 98 valence electrons. The molecule has 1 rings (SSSR count). The molecule has 6 heteroatoms. The number of rotatable bonds is 3. The fraction of sp³-hybridized carbons (Fsp3) is 0.333. The molecule has 0 fully saturated rings.